The van der Waals surface area contributed by atoms with Crippen LogP contribution in [-0.2, 0) is 10.5 Å². The molecule has 4 nitrogen and oxygen atoms in total. The number of thioether (sulfide) groups is 1. The Labute approximate surface area is 94.1 Å². The molecule has 84 valence electrons. The van der Waals surface area contributed by atoms with Crippen molar-refractivity contribution in [3.8, 4) is 0 Å². The molecule has 1 N–H and O–H groups in total. The Bertz CT molecular complexity index is 275. The molecular weight excluding hydrogens is 212 g/mol. The number of aromatic nitrogens is 2. The zero-order valence-corrected chi connectivity index (χ0v) is 9.83. The predicted molar refractivity (Wildman–Crippen MR) is 60.4 cm³/mol. The van der Waals surface area contributed by atoms with Gasteiger partial charge in [0.15, 0.2) is 5.79 Å². The number of ether oxygens (including phenoxy) is 1. The lowest BCUT2D eigenvalue weighted by Crippen LogP contribution is -2.24. The molecule has 0 bridgehead atoms. The number of aliphatic hydroxyl groups is 1. The van der Waals surface area contributed by atoms with E-state index in [2.05, 4.69) is 9.97 Å². The Morgan fingerprint density at radius 3 is 2.67 bits per heavy atom. The van der Waals surface area contributed by atoms with Crippen LogP contribution in [0.1, 0.15) is 19.7 Å². The Kier molecular flexibility index (Phi) is 5.01. The number of hydrogen-bond donors (Lipinski definition) is 1. The standard InChI is InChI=1S/C10H16N2O2S/c1-10(2,13)14-6-7-15-8-9-11-4-3-5-12-9/h3-5,13H,6-8H2,1-2H3. The SMILES string of the molecule is CC(C)(O)OCCSCc1ncccn1. The van der Waals surface area contributed by atoms with E-state index in [4.69, 9.17) is 4.74 Å². The molecule has 0 amide bonds. The lowest BCUT2D eigenvalue weighted by Gasteiger charge is -2.17. The maximum Gasteiger partial charge on any atom is 0.159 e. The Balaban J connectivity index is 2.08. The zero-order valence-electron chi connectivity index (χ0n) is 9.01. The molecule has 1 aromatic rings. The van der Waals surface area contributed by atoms with Crippen molar-refractivity contribution in [3.05, 3.63) is 24.3 Å². The van der Waals surface area contributed by atoms with Gasteiger partial charge < -0.3 is 9.84 Å². The highest BCUT2D eigenvalue weighted by atomic mass is 32.2. The number of hydrogen-bond acceptors (Lipinski definition) is 5. The third-order valence-corrected chi connectivity index (χ3v) is 2.45. The van der Waals surface area contributed by atoms with E-state index in [9.17, 15) is 5.11 Å². The Morgan fingerprint density at radius 1 is 1.40 bits per heavy atom. The molecule has 0 saturated heterocycles. The van der Waals surface area contributed by atoms with Crippen molar-refractivity contribution in [2.75, 3.05) is 12.4 Å². The lowest BCUT2D eigenvalue weighted by atomic mass is 10.4. The van der Waals surface area contributed by atoms with Gasteiger partial charge in [0, 0.05) is 18.1 Å². The minimum atomic E-state index is -1.04. The molecule has 0 aromatic carbocycles. The van der Waals surface area contributed by atoms with Crippen LogP contribution in [0.2, 0.25) is 0 Å². The van der Waals surface area contributed by atoms with Crippen LogP contribution < -0.4 is 0 Å². The molecule has 0 aliphatic rings. The predicted octanol–water partition coefficient (Wildman–Crippen LogP) is 1.45. The first kappa shape index (κ1) is 12.4. The van der Waals surface area contributed by atoms with Gasteiger partial charge in [0.1, 0.15) is 5.82 Å². The van der Waals surface area contributed by atoms with E-state index in [0.29, 0.717) is 6.61 Å². The van der Waals surface area contributed by atoms with Gasteiger partial charge in [-0.05, 0) is 19.9 Å². The van der Waals surface area contributed by atoms with Gasteiger partial charge in [-0.15, -0.1) is 0 Å². The van der Waals surface area contributed by atoms with Gasteiger partial charge in [0.05, 0.1) is 12.4 Å². The minimum Gasteiger partial charge on any atom is -0.366 e. The summed E-state index contributed by atoms with van der Waals surface area (Å²) in [6, 6.07) is 1.80. The topological polar surface area (TPSA) is 55.2 Å². The molecule has 0 fully saturated rings. The van der Waals surface area contributed by atoms with Gasteiger partial charge in [-0.25, -0.2) is 9.97 Å². The highest BCUT2D eigenvalue weighted by Gasteiger charge is 2.11. The lowest BCUT2D eigenvalue weighted by molar-refractivity contribution is -0.171. The maximum atomic E-state index is 9.28. The summed E-state index contributed by atoms with van der Waals surface area (Å²) >= 11 is 1.69. The van der Waals surface area contributed by atoms with E-state index in [1.807, 2.05) is 0 Å². The zero-order chi connectivity index (χ0) is 11.1. The first-order chi connectivity index (χ1) is 7.08. The van der Waals surface area contributed by atoms with Crippen LogP contribution in [0.25, 0.3) is 0 Å². The van der Waals surface area contributed by atoms with Crippen LogP contribution in [0.3, 0.4) is 0 Å². The van der Waals surface area contributed by atoms with E-state index < -0.39 is 5.79 Å². The highest BCUT2D eigenvalue weighted by Crippen LogP contribution is 2.09. The van der Waals surface area contributed by atoms with Crippen molar-refractivity contribution in [2.24, 2.45) is 0 Å². The van der Waals surface area contributed by atoms with Crippen LogP contribution in [-0.4, -0.2) is 33.2 Å². The van der Waals surface area contributed by atoms with Crippen molar-refractivity contribution in [3.63, 3.8) is 0 Å². The third-order valence-electron chi connectivity index (χ3n) is 1.53. The van der Waals surface area contributed by atoms with E-state index in [1.165, 1.54) is 0 Å². The number of nitrogens with zero attached hydrogens (tertiary/aromatic N) is 2. The van der Waals surface area contributed by atoms with Crippen molar-refractivity contribution in [2.45, 2.75) is 25.4 Å². The first-order valence-electron chi connectivity index (χ1n) is 4.78. The average Bonchev–Trinajstić information content (AvgIpc) is 2.17. The summed E-state index contributed by atoms with van der Waals surface area (Å²) in [5, 5.41) is 9.28. The Morgan fingerprint density at radius 2 is 2.07 bits per heavy atom. The van der Waals surface area contributed by atoms with Gasteiger partial charge in [0.25, 0.3) is 0 Å². The average molecular weight is 228 g/mol. The van der Waals surface area contributed by atoms with Crippen molar-refractivity contribution in [1.29, 1.82) is 0 Å². The smallest absolute Gasteiger partial charge is 0.159 e. The number of rotatable bonds is 6. The molecule has 0 aliphatic carbocycles. The largest absolute Gasteiger partial charge is 0.366 e. The summed E-state index contributed by atoms with van der Waals surface area (Å²) < 4.78 is 5.16. The van der Waals surface area contributed by atoms with Crippen molar-refractivity contribution < 1.29 is 9.84 Å². The highest BCUT2D eigenvalue weighted by molar-refractivity contribution is 7.98. The summed E-state index contributed by atoms with van der Waals surface area (Å²) in [5.41, 5.74) is 0. The van der Waals surface area contributed by atoms with Gasteiger partial charge in [-0.3, -0.25) is 0 Å². The molecule has 1 aromatic heterocycles. The summed E-state index contributed by atoms with van der Waals surface area (Å²) in [4.78, 5) is 8.21. The van der Waals surface area contributed by atoms with Gasteiger partial charge in [-0.2, -0.15) is 11.8 Å². The monoisotopic (exact) mass is 228 g/mol. The van der Waals surface area contributed by atoms with Crippen LogP contribution in [0.4, 0.5) is 0 Å². The van der Waals surface area contributed by atoms with Crippen LogP contribution in [0.5, 0.6) is 0 Å². The van der Waals surface area contributed by atoms with E-state index in [-0.39, 0.29) is 0 Å². The summed E-state index contributed by atoms with van der Waals surface area (Å²) in [6.07, 6.45) is 3.46. The molecule has 1 rings (SSSR count). The Hall–Kier alpha value is -0.650. The van der Waals surface area contributed by atoms with Crippen LogP contribution in [0.15, 0.2) is 18.5 Å². The molecule has 0 atom stereocenters. The fraction of sp³-hybridized carbons (Fsp3) is 0.600. The van der Waals surface area contributed by atoms with Gasteiger partial charge in [-0.1, -0.05) is 0 Å². The fourth-order valence-electron chi connectivity index (χ4n) is 0.918. The first-order valence-corrected chi connectivity index (χ1v) is 5.93. The minimum absolute atomic E-state index is 0.529. The summed E-state index contributed by atoms with van der Waals surface area (Å²) in [5.74, 6) is 1.38. The van der Waals surface area contributed by atoms with E-state index >= 15 is 0 Å². The molecular formula is C10H16N2O2S. The second kappa shape index (κ2) is 6.05. The molecule has 0 aliphatic heterocycles. The fourth-order valence-corrected chi connectivity index (χ4v) is 1.60. The van der Waals surface area contributed by atoms with Crippen LogP contribution >= 0.6 is 11.8 Å². The summed E-state index contributed by atoms with van der Waals surface area (Å²) in [6.45, 7) is 3.77. The second-order valence-electron chi connectivity index (χ2n) is 3.51. The van der Waals surface area contributed by atoms with Gasteiger partial charge in [0.2, 0.25) is 0 Å². The van der Waals surface area contributed by atoms with E-state index in [0.717, 1.165) is 17.3 Å². The third kappa shape index (κ3) is 6.43. The molecule has 5 heteroatoms. The van der Waals surface area contributed by atoms with E-state index in [1.54, 1.807) is 44.1 Å². The van der Waals surface area contributed by atoms with Crippen LogP contribution in [0, 0.1) is 0 Å². The van der Waals surface area contributed by atoms with Crippen molar-refractivity contribution in [1.82, 2.24) is 9.97 Å². The van der Waals surface area contributed by atoms with Gasteiger partial charge >= 0.3 is 0 Å². The molecule has 0 saturated carbocycles. The normalized spacial score (nSPS) is 11.7. The maximum absolute atomic E-state index is 9.28. The van der Waals surface area contributed by atoms with Crippen molar-refractivity contribution >= 4 is 11.8 Å². The summed E-state index contributed by atoms with van der Waals surface area (Å²) in [7, 11) is 0. The second-order valence-corrected chi connectivity index (χ2v) is 4.62. The molecule has 0 spiro atoms. The quantitative estimate of drug-likeness (QED) is 0.590. The molecule has 15 heavy (non-hydrogen) atoms. The molecule has 0 unspecified atom stereocenters. The molecule has 1 heterocycles. The molecule has 0 radical (unpaired) electrons.